The molecule has 1 aliphatic heterocycles. The first-order valence-corrected chi connectivity index (χ1v) is 9.73. The number of aryl methyl sites for hydroxylation is 1. The normalized spacial score (nSPS) is 13.8. The number of carbonyl (C=O) groups excluding carboxylic acids is 2. The molecule has 30 heavy (non-hydrogen) atoms. The van der Waals surface area contributed by atoms with Crippen LogP contribution >= 0.6 is 11.6 Å². The van der Waals surface area contributed by atoms with Crippen molar-refractivity contribution >= 4 is 40.4 Å². The van der Waals surface area contributed by atoms with E-state index in [1.807, 2.05) is 31.2 Å². The van der Waals surface area contributed by atoms with Crippen molar-refractivity contribution in [1.29, 1.82) is 0 Å². The Kier molecular flexibility index (Phi) is 5.29. The first-order valence-electron chi connectivity index (χ1n) is 9.36. The molecule has 0 atom stereocenters. The SMILES string of the molecule is COc1ccccc1N1C(=O)C(Nc2cc(Cl)ccc2C)=C(c2ccccc2)C1=O. The Morgan fingerprint density at radius 3 is 2.33 bits per heavy atom. The van der Waals surface area contributed by atoms with Crippen molar-refractivity contribution in [2.45, 2.75) is 6.92 Å². The molecular weight excluding hydrogens is 400 g/mol. The van der Waals surface area contributed by atoms with Gasteiger partial charge in [-0.1, -0.05) is 60.1 Å². The van der Waals surface area contributed by atoms with Crippen LogP contribution in [-0.4, -0.2) is 18.9 Å². The van der Waals surface area contributed by atoms with Crippen molar-refractivity contribution in [3.8, 4) is 5.75 Å². The van der Waals surface area contributed by atoms with Crippen LogP contribution in [0.5, 0.6) is 5.75 Å². The van der Waals surface area contributed by atoms with Crippen molar-refractivity contribution in [1.82, 2.24) is 0 Å². The molecule has 1 heterocycles. The van der Waals surface area contributed by atoms with Crippen molar-refractivity contribution in [3.05, 3.63) is 94.6 Å². The zero-order valence-electron chi connectivity index (χ0n) is 16.5. The molecule has 5 nitrogen and oxygen atoms in total. The van der Waals surface area contributed by atoms with Gasteiger partial charge in [0.1, 0.15) is 11.4 Å². The molecule has 0 spiro atoms. The van der Waals surface area contributed by atoms with Gasteiger partial charge in [-0.15, -0.1) is 0 Å². The summed E-state index contributed by atoms with van der Waals surface area (Å²) in [6, 6.07) is 21.4. The van der Waals surface area contributed by atoms with E-state index >= 15 is 0 Å². The number of carbonyl (C=O) groups is 2. The van der Waals surface area contributed by atoms with Gasteiger partial charge in [0.2, 0.25) is 0 Å². The lowest BCUT2D eigenvalue weighted by Gasteiger charge is -2.18. The Balaban J connectivity index is 1.86. The predicted molar refractivity (Wildman–Crippen MR) is 119 cm³/mol. The quantitative estimate of drug-likeness (QED) is 0.589. The first kappa shape index (κ1) is 19.7. The van der Waals surface area contributed by atoms with Crippen molar-refractivity contribution in [3.63, 3.8) is 0 Å². The molecule has 150 valence electrons. The summed E-state index contributed by atoms with van der Waals surface area (Å²) in [6.45, 7) is 1.90. The van der Waals surface area contributed by atoms with E-state index < -0.39 is 11.8 Å². The molecule has 0 radical (unpaired) electrons. The average molecular weight is 419 g/mol. The molecule has 0 saturated heterocycles. The second-order valence-corrected chi connectivity index (χ2v) is 7.25. The zero-order chi connectivity index (χ0) is 21.3. The van der Waals surface area contributed by atoms with Crippen LogP contribution in [0.2, 0.25) is 5.02 Å². The number of hydrogen-bond acceptors (Lipinski definition) is 4. The van der Waals surface area contributed by atoms with Crippen LogP contribution in [0, 0.1) is 6.92 Å². The monoisotopic (exact) mass is 418 g/mol. The Morgan fingerprint density at radius 2 is 1.60 bits per heavy atom. The highest BCUT2D eigenvalue weighted by Gasteiger charge is 2.41. The lowest BCUT2D eigenvalue weighted by molar-refractivity contribution is -0.120. The number of anilines is 2. The van der Waals surface area contributed by atoms with Crippen molar-refractivity contribution in [2.24, 2.45) is 0 Å². The standard InChI is InChI=1S/C24H19ClN2O3/c1-15-12-13-17(25)14-18(15)26-22-21(16-8-4-3-5-9-16)23(28)27(24(22)29)19-10-6-7-11-20(19)30-2/h3-14,26H,1-2H3. The third kappa shape index (κ3) is 3.44. The molecule has 3 aromatic rings. The molecular formula is C24H19ClN2O3. The van der Waals surface area contributed by atoms with Crippen LogP contribution < -0.4 is 15.0 Å². The van der Waals surface area contributed by atoms with E-state index in [0.717, 1.165) is 10.5 Å². The number of amides is 2. The highest BCUT2D eigenvalue weighted by atomic mass is 35.5. The largest absolute Gasteiger partial charge is 0.495 e. The Bertz CT molecular complexity index is 1170. The molecule has 1 N–H and O–H groups in total. The molecule has 0 bridgehead atoms. The highest BCUT2D eigenvalue weighted by Crippen LogP contribution is 2.38. The summed E-state index contributed by atoms with van der Waals surface area (Å²) >= 11 is 6.15. The molecule has 0 fully saturated rings. The van der Waals surface area contributed by atoms with Crippen molar-refractivity contribution < 1.29 is 14.3 Å². The molecule has 2 amide bonds. The first-order chi connectivity index (χ1) is 14.5. The Morgan fingerprint density at radius 1 is 0.900 bits per heavy atom. The van der Waals surface area contributed by atoms with E-state index in [-0.39, 0.29) is 5.70 Å². The van der Waals surface area contributed by atoms with Gasteiger partial charge in [0.15, 0.2) is 0 Å². The van der Waals surface area contributed by atoms with Crippen molar-refractivity contribution in [2.75, 3.05) is 17.3 Å². The number of rotatable bonds is 5. The summed E-state index contributed by atoms with van der Waals surface area (Å²) in [4.78, 5) is 28.1. The van der Waals surface area contributed by atoms with Gasteiger partial charge in [0, 0.05) is 10.7 Å². The van der Waals surface area contributed by atoms with Crippen LogP contribution in [0.1, 0.15) is 11.1 Å². The minimum absolute atomic E-state index is 0.197. The third-order valence-electron chi connectivity index (χ3n) is 4.93. The minimum Gasteiger partial charge on any atom is -0.495 e. The summed E-state index contributed by atoms with van der Waals surface area (Å²) in [5.41, 5.74) is 3.09. The number of nitrogens with one attached hydrogen (secondary N) is 1. The van der Waals surface area contributed by atoms with E-state index in [0.29, 0.717) is 33.3 Å². The molecule has 4 rings (SSSR count). The lowest BCUT2D eigenvalue weighted by Crippen LogP contribution is -2.32. The number of ether oxygens (including phenoxy) is 1. The maximum absolute atomic E-state index is 13.5. The molecule has 3 aromatic carbocycles. The second kappa shape index (κ2) is 8.05. The number of para-hydroxylation sites is 2. The maximum Gasteiger partial charge on any atom is 0.282 e. The van der Waals surface area contributed by atoms with Crippen LogP contribution in [0.4, 0.5) is 11.4 Å². The number of halogens is 1. The topological polar surface area (TPSA) is 58.6 Å². The maximum atomic E-state index is 13.5. The summed E-state index contributed by atoms with van der Waals surface area (Å²) < 4.78 is 5.38. The summed E-state index contributed by atoms with van der Waals surface area (Å²) in [6.07, 6.45) is 0. The highest BCUT2D eigenvalue weighted by molar-refractivity contribution is 6.46. The number of nitrogens with zero attached hydrogens (tertiary/aromatic N) is 1. The third-order valence-corrected chi connectivity index (χ3v) is 5.17. The molecule has 0 aliphatic carbocycles. The van der Waals surface area contributed by atoms with Gasteiger partial charge >= 0.3 is 0 Å². The summed E-state index contributed by atoms with van der Waals surface area (Å²) in [5.74, 6) is -0.438. The Labute approximate surface area is 179 Å². The van der Waals surface area contributed by atoms with E-state index in [9.17, 15) is 9.59 Å². The predicted octanol–water partition coefficient (Wildman–Crippen LogP) is 5.05. The number of hydrogen-bond donors (Lipinski definition) is 1. The van der Waals surface area contributed by atoms with E-state index in [4.69, 9.17) is 16.3 Å². The fraction of sp³-hybridized carbons (Fsp3) is 0.0833. The fourth-order valence-corrected chi connectivity index (χ4v) is 3.59. The smallest absolute Gasteiger partial charge is 0.282 e. The van der Waals surface area contributed by atoms with Gasteiger partial charge in [-0.25, -0.2) is 4.90 Å². The minimum atomic E-state index is -0.456. The lowest BCUT2D eigenvalue weighted by atomic mass is 10.0. The van der Waals surface area contributed by atoms with E-state index in [2.05, 4.69) is 5.32 Å². The average Bonchev–Trinajstić information content (AvgIpc) is 3.00. The van der Waals surface area contributed by atoms with Gasteiger partial charge in [-0.2, -0.15) is 0 Å². The zero-order valence-corrected chi connectivity index (χ0v) is 17.2. The second-order valence-electron chi connectivity index (χ2n) is 6.82. The van der Waals surface area contributed by atoms with Crippen LogP contribution in [0.15, 0.2) is 78.5 Å². The molecule has 0 saturated carbocycles. The van der Waals surface area contributed by atoms with Gasteiger partial charge in [0.25, 0.3) is 11.8 Å². The number of methoxy groups -OCH3 is 1. The van der Waals surface area contributed by atoms with Crippen LogP contribution in [0.3, 0.4) is 0 Å². The Hall–Kier alpha value is -3.57. The van der Waals surface area contributed by atoms with Crippen LogP contribution in [0.25, 0.3) is 5.57 Å². The molecule has 6 heteroatoms. The summed E-state index contributed by atoms with van der Waals surface area (Å²) in [7, 11) is 1.50. The molecule has 1 aliphatic rings. The van der Waals surface area contributed by atoms with Gasteiger partial charge in [-0.05, 0) is 42.3 Å². The van der Waals surface area contributed by atoms with Gasteiger partial charge < -0.3 is 10.1 Å². The van der Waals surface area contributed by atoms with Gasteiger partial charge in [0.05, 0.1) is 18.4 Å². The van der Waals surface area contributed by atoms with Crippen LogP contribution in [-0.2, 0) is 9.59 Å². The molecule has 0 unspecified atom stereocenters. The fourth-order valence-electron chi connectivity index (χ4n) is 3.42. The number of benzene rings is 3. The number of imide groups is 1. The van der Waals surface area contributed by atoms with Gasteiger partial charge in [-0.3, -0.25) is 9.59 Å². The van der Waals surface area contributed by atoms with E-state index in [1.54, 1.807) is 48.5 Å². The molecule has 0 aromatic heterocycles. The van der Waals surface area contributed by atoms with E-state index in [1.165, 1.54) is 7.11 Å². The summed E-state index contributed by atoms with van der Waals surface area (Å²) in [5, 5.41) is 3.69.